The summed E-state index contributed by atoms with van der Waals surface area (Å²) in [6, 6.07) is 13.9. The average Bonchev–Trinajstić information content (AvgIpc) is 3.14. The Kier molecular flexibility index (Phi) is 6.67. The zero-order valence-corrected chi connectivity index (χ0v) is 19.7. The van der Waals surface area contributed by atoms with E-state index in [4.69, 9.17) is 19.2 Å². The van der Waals surface area contributed by atoms with Gasteiger partial charge in [0.05, 0.1) is 23.4 Å². The normalized spacial score (nSPS) is 10.9. The fourth-order valence-corrected chi connectivity index (χ4v) is 3.57. The van der Waals surface area contributed by atoms with Crippen LogP contribution in [0.4, 0.5) is 0 Å². The molecule has 34 heavy (non-hydrogen) atoms. The Morgan fingerprint density at radius 2 is 1.82 bits per heavy atom. The number of ether oxygens (including phenoxy) is 3. The van der Waals surface area contributed by atoms with Crippen molar-refractivity contribution in [3.8, 4) is 23.0 Å². The van der Waals surface area contributed by atoms with Crippen molar-refractivity contribution in [2.45, 2.75) is 33.8 Å². The van der Waals surface area contributed by atoms with Gasteiger partial charge in [0.1, 0.15) is 35.2 Å². The van der Waals surface area contributed by atoms with E-state index in [-0.39, 0.29) is 12.2 Å². The Morgan fingerprint density at radius 3 is 2.56 bits per heavy atom. The molecular weight excluding hydrogens is 434 g/mol. The minimum atomic E-state index is -1.00. The van der Waals surface area contributed by atoms with Crippen LogP contribution in [-0.2, 0) is 13.7 Å². The van der Waals surface area contributed by atoms with Crippen LogP contribution in [0.25, 0.3) is 11.0 Å². The van der Waals surface area contributed by atoms with Gasteiger partial charge in [-0.15, -0.1) is 0 Å². The number of fused-ring (bicyclic) bond motifs is 1. The highest BCUT2D eigenvalue weighted by Crippen LogP contribution is 2.34. The van der Waals surface area contributed by atoms with Crippen LogP contribution >= 0.6 is 0 Å². The summed E-state index contributed by atoms with van der Waals surface area (Å²) in [7, 11) is 1.90. The summed E-state index contributed by atoms with van der Waals surface area (Å²) >= 11 is 0. The monoisotopic (exact) mass is 461 g/mol. The van der Waals surface area contributed by atoms with E-state index in [2.05, 4.69) is 4.98 Å². The molecule has 176 valence electrons. The van der Waals surface area contributed by atoms with Gasteiger partial charge in [0.15, 0.2) is 5.75 Å². The van der Waals surface area contributed by atoms with E-state index in [1.165, 1.54) is 12.1 Å². The Bertz CT molecular complexity index is 1350. The molecule has 0 aliphatic heterocycles. The number of imidazole rings is 1. The second-order valence-electron chi connectivity index (χ2n) is 7.98. The van der Waals surface area contributed by atoms with E-state index in [9.17, 15) is 9.90 Å². The van der Waals surface area contributed by atoms with Crippen LogP contribution < -0.4 is 14.2 Å². The molecule has 4 aromatic rings. The smallest absolute Gasteiger partial charge is 0.335 e. The van der Waals surface area contributed by atoms with Crippen molar-refractivity contribution in [1.82, 2.24) is 14.5 Å². The number of hydrogen-bond acceptors (Lipinski definition) is 6. The van der Waals surface area contributed by atoms with Crippen LogP contribution in [0.1, 0.15) is 40.9 Å². The van der Waals surface area contributed by atoms with E-state index in [1.807, 2.05) is 56.7 Å². The number of carbonyl (C=O) groups is 1. The maximum atomic E-state index is 11.2. The molecule has 8 nitrogen and oxygen atoms in total. The molecule has 0 radical (unpaired) electrons. The Balaban J connectivity index is 1.66. The van der Waals surface area contributed by atoms with Crippen LogP contribution in [-0.4, -0.2) is 32.2 Å². The quantitative estimate of drug-likeness (QED) is 0.354. The lowest BCUT2D eigenvalue weighted by molar-refractivity contribution is 0.0696. The number of benzene rings is 2. The van der Waals surface area contributed by atoms with Gasteiger partial charge in [-0.05, 0) is 50.6 Å². The number of rotatable bonds is 9. The number of pyridine rings is 1. The number of aromatic carboxylic acids is 1. The summed E-state index contributed by atoms with van der Waals surface area (Å²) in [5.74, 6) is 2.05. The highest BCUT2D eigenvalue weighted by atomic mass is 16.5. The first-order chi connectivity index (χ1) is 16.4. The average molecular weight is 462 g/mol. The minimum Gasteiger partial charge on any atom is -0.491 e. The third-order valence-corrected chi connectivity index (χ3v) is 5.33. The molecule has 0 amide bonds. The molecule has 0 aliphatic carbocycles. The lowest BCUT2D eigenvalue weighted by Gasteiger charge is -2.12. The standard InChI is InChI=1S/C26H27N3O5/c1-5-11-32-23-14-20(34-22-10-9-16(2)27-17(22)3)13-21-25(23)28-24(29(21)4)15-33-19-8-6-7-18(12-19)26(30)31/h6-10,12-14H,5,11,15H2,1-4H3,(H,30,31). The molecule has 1 N–H and O–H groups in total. The van der Waals surface area contributed by atoms with Crippen molar-refractivity contribution in [2.24, 2.45) is 7.05 Å². The van der Waals surface area contributed by atoms with Crippen LogP contribution in [0.15, 0.2) is 48.5 Å². The van der Waals surface area contributed by atoms with E-state index in [0.29, 0.717) is 40.9 Å². The van der Waals surface area contributed by atoms with Crippen molar-refractivity contribution in [2.75, 3.05) is 6.61 Å². The first-order valence-electron chi connectivity index (χ1n) is 11.1. The summed E-state index contributed by atoms with van der Waals surface area (Å²) in [5.41, 5.74) is 3.44. The maximum absolute atomic E-state index is 11.2. The number of aromatic nitrogens is 3. The predicted octanol–water partition coefficient (Wildman–Crippen LogP) is 5.44. The van der Waals surface area contributed by atoms with E-state index in [1.54, 1.807) is 12.1 Å². The maximum Gasteiger partial charge on any atom is 0.335 e. The van der Waals surface area contributed by atoms with Gasteiger partial charge in [0.2, 0.25) is 0 Å². The van der Waals surface area contributed by atoms with Gasteiger partial charge in [-0.3, -0.25) is 4.98 Å². The van der Waals surface area contributed by atoms with Crippen molar-refractivity contribution in [1.29, 1.82) is 0 Å². The molecule has 2 heterocycles. The second kappa shape index (κ2) is 9.82. The van der Waals surface area contributed by atoms with Gasteiger partial charge >= 0.3 is 5.97 Å². The van der Waals surface area contributed by atoms with E-state index < -0.39 is 5.97 Å². The lowest BCUT2D eigenvalue weighted by Crippen LogP contribution is -2.04. The van der Waals surface area contributed by atoms with E-state index >= 15 is 0 Å². The molecule has 8 heteroatoms. The highest BCUT2D eigenvalue weighted by Gasteiger charge is 2.17. The number of nitrogens with zero attached hydrogens (tertiary/aromatic N) is 3. The molecule has 0 saturated heterocycles. The van der Waals surface area contributed by atoms with Gasteiger partial charge < -0.3 is 23.9 Å². The Labute approximate surface area is 197 Å². The molecule has 0 unspecified atom stereocenters. The zero-order chi connectivity index (χ0) is 24.2. The molecule has 2 aromatic heterocycles. The second-order valence-corrected chi connectivity index (χ2v) is 7.98. The fraction of sp³-hybridized carbons (Fsp3) is 0.269. The summed E-state index contributed by atoms with van der Waals surface area (Å²) in [5, 5.41) is 9.20. The number of carboxylic acids is 1. The minimum absolute atomic E-state index is 0.165. The van der Waals surface area contributed by atoms with Crippen molar-refractivity contribution in [3.05, 3.63) is 71.3 Å². The Hall–Kier alpha value is -4.07. The van der Waals surface area contributed by atoms with Crippen molar-refractivity contribution < 1.29 is 24.1 Å². The first-order valence-corrected chi connectivity index (χ1v) is 11.1. The lowest BCUT2D eigenvalue weighted by atomic mass is 10.2. The fourth-order valence-electron chi connectivity index (χ4n) is 3.57. The van der Waals surface area contributed by atoms with Crippen LogP contribution in [0.5, 0.6) is 23.0 Å². The summed E-state index contributed by atoms with van der Waals surface area (Å²) in [4.78, 5) is 20.4. The molecule has 4 rings (SSSR count). The third-order valence-electron chi connectivity index (χ3n) is 5.33. The molecule has 0 fully saturated rings. The molecule has 0 spiro atoms. The zero-order valence-electron chi connectivity index (χ0n) is 19.7. The number of hydrogen-bond donors (Lipinski definition) is 1. The van der Waals surface area contributed by atoms with Crippen LogP contribution in [0.3, 0.4) is 0 Å². The van der Waals surface area contributed by atoms with Crippen LogP contribution in [0, 0.1) is 13.8 Å². The molecule has 0 saturated carbocycles. The number of carboxylic acid groups (broad SMARTS) is 1. The largest absolute Gasteiger partial charge is 0.491 e. The molecular formula is C26H27N3O5. The Morgan fingerprint density at radius 1 is 1.00 bits per heavy atom. The van der Waals surface area contributed by atoms with Crippen LogP contribution in [0.2, 0.25) is 0 Å². The van der Waals surface area contributed by atoms with Crippen molar-refractivity contribution in [3.63, 3.8) is 0 Å². The molecule has 2 aromatic carbocycles. The topological polar surface area (TPSA) is 95.7 Å². The predicted molar refractivity (Wildman–Crippen MR) is 128 cm³/mol. The summed E-state index contributed by atoms with van der Waals surface area (Å²) < 4.78 is 19.9. The van der Waals surface area contributed by atoms with Gasteiger partial charge in [-0.25, -0.2) is 9.78 Å². The molecule has 0 atom stereocenters. The first kappa shape index (κ1) is 23.1. The summed E-state index contributed by atoms with van der Waals surface area (Å²) in [6.07, 6.45) is 0.857. The van der Waals surface area contributed by atoms with Gasteiger partial charge in [0.25, 0.3) is 0 Å². The van der Waals surface area contributed by atoms with Gasteiger partial charge in [-0.1, -0.05) is 13.0 Å². The van der Waals surface area contributed by atoms with E-state index in [0.717, 1.165) is 23.3 Å². The molecule has 0 bridgehead atoms. The highest BCUT2D eigenvalue weighted by molar-refractivity contribution is 5.88. The van der Waals surface area contributed by atoms with Gasteiger partial charge in [0, 0.05) is 24.9 Å². The SMILES string of the molecule is CCCOc1cc(Oc2ccc(C)nc2C)cc2c1nc(COc1cccc(C(=O)O)c1)n2C. The van der Waals surface area contributed by atoms with Crippen molar-refractivity contribution >= 4 is 17.0 Å². The number of aryl methyl sites for hydroxylation is 3. The van der Waals surface area contributed by atoms with Gasteiger partial charge in [-0.2, -0.15) is 0 Å². The third kappa shape index (κ3) is 4.96. The molecule has 0 aliphatic rings. The summed E-state index contributed by atoms with van der Waals surface area (Å²) in [6.45, 7) is 6.61.